The van der Waals surface area contributed by atoms with Crippen molar-refractivity contribution in [1.82, 2.24) is 0 Å². The molecule has 0 aromatic heterocycles. The number of hydrogen-bond acceptors (Lipinski definition) is 2. The predicted molar refractivity (Wildman–Crippen MR) is 76.3 cm³/mol. The third-order valence-electron chi connectivity index (χ3n) is 2.59. The smallest absolute Gasteiger partial charge is 0.152 e. The number of nitrogens with one attached hydrogen (secondary N) is 1. The van der Waals surface area contributed by atoms with Crippen molar-refractivity contribution in [2.75, 3.05) is 5.32 Å². The zero-order valence-corrected chi connectivity index (χ0v) is 11.2. The van der Waals surface area contributed by atoms with Crippen molar-refractivity contribution in [1.29, 1.82) is 0 Å². The van der Waals surface area contributed by atoms with Crippen LogP contribution in [-0.2, 0) is 0 Å². The van der Waals surface area contributed by atoms with Gasteiger partial charge < -0.3 is 5.32 Å². The normalized spacial score (nSPS) is 10.2. The number of benzene rings is 2. The molecule has 1 N–H and O–H groups in total. The first-order valence-electron chi connectivity index (χ1n) is 5.38. The van der Waals surface area contributed by atoms with Crippen LogP contribution in [0.15, 0.2) is 36.4 Å². The SMILES string of the molecule is Cc1ccc(Nc2ccc(Cl)cc2C=O)cc1Cl. The zero-order chi connectivity index (χ0) is 13.1. The fourth-order valence-corrected chi connectivity index (χ4v) is 1.93. The summed E-state index contributed by atoms with van der Waals surface area (Å²) in [5.41, 5.74) is 3.05. The topological polar surface area (TPSA) is 29.1 Å². The Morgan fingerprint density at radius 3 is 2.56 bits per heavy atom. The molecular weight excluding hydrogens is 269 g/mol. The van der Waals surface area contributed by atoms with Crippen LogP contribution >= 0.6 is 23.2 Å². The van der Waals surface area contributed by atoms with Gasteiger partial charge in [0.1, 0.15) is 0 Å². The van der Waals surface area contributed by atoms with E-state index in [9.17, 15) is 4.79 Å². The minimum Gasteiger partial charge on any atom is -0.355 e. The Hall–Kier alpha value is -1.51. The number of anilines is 2. The largest absolute Gasteiger partial charge is 0.355 e. The number of hydrogen-bond donors (Lipinski definition) is 1. The summed E-state index contributed by atoms with van der Waals surface area (Å²) in [6.45, 7) is 1.94. The van der Waals surface area contributed by atoms with Crippen LogP contribution < -0.4 is 5.32 Å². The summed E-state index contributed by atoms with van der Waals surface area (Å²) in [6.07, 6.45) is 0.768. The molecule has 0 radical (unpaired) electrons. The van der Waals surface area contributed by atoms with Crippen molar-refractivity contribution < 1.29 is 4.79 Å². The lowest BCUT2D eigenvalue weighted by Crippen LogP contribution is -1.95. The molecule has 0 saturated heterocycles. The lowest BCUT2D eigenvalue weighted by molar-refractivity contribution is 0.112. The molecule has 2 nitrogen and oxygen atoms in total. The molecule has 92 valence electrons. The molecule has 0 spiro atoms. The molecule has 0 aliphatic rings. The fourth-order valence-electron chi connectivity index (χ4n) is 1.57. The maximum absolute atomic E-state index is 11.0. The summed E-state index contributed by atoms with van der Waals surface area (Å²) < 4.78 is 0. The van der Waals surface area contributed by atoms with Crippen LogP contribution in [0.3, 0.4) is 0 Å². The average Bonchev–Trinajstić information content (AvgIpc) is 2.36. The molecule has 0 saturated carbocycles. The number of carbonyl (C=O) groups excluding carboxylic acids is 1. The number of rotatable bonds is 3. The van der Waals surface area contributed by atoms with Gasteiger partial charge in [-0.3, -0.25) is 4.79 Å². The van der Waals surface area contributed by atoms with E-state index >= 15 is 0 Å². The van der Waals surface area contributed by atoms with Crippen molar-refractivity contribution >= 4 is 40.9 Å². The molecule has 0 heterocycles. The standard InChI is InChI=1S/C14H11Cl2NO/c1-9-2-4-12(7-13(9)16)17-14-5-3-11(15)6-10(14)8-18/h2-8,17H,1H3. The van der Waals surface area contributed by atoms with Crippen LogP contribution in [0.2, 0.25) is 10.0 Å². The van der Waals surface area contributed by atoms with E-state index in [1.165, 1.54) is 0 Å². The van der Waals surface area contributed by atoms with Gasteiger partial charge in [0.05, 0.1) is 0 Å². The molecular formula is C14H11Cl2NO. The average molecular weight is 280 g/mol. The summed E-state index contributed by atoms with van der Waals surface area (Å²) in [6, 6.07) is 10.8. The van der Waals surface area contributed by atoms with E-state index in [0.717, 1.165) is 17.5 Å². The van der Waals surface area contributed by atoms with Crippen molar-refractivity contribution in [3.8, 4) is 0 Å². The first-order chi connectivity index (χ1) is 8.60. The van der Waals surface area contributed by atoms with E-state index in [1.54, 1.807) is 18.2 Å². The Bertz CT molecular complexity index is 596. The molecule has 0 atom stereocenters. The third kappa shape index (κ3) is 2.84. The Labute approximate surface area is 116 Å². The highest BCUT2D eigenvalue weighted by Crippen LogP contribution is 2.26. The summed E-state index contributed by atoms with van der Waals surface area (Å²) in [5, 5.41) is 4.36. The van der Waals surface area contributed by atoms with E-state index in [2.05, 4.69) is 5.32 Å². The highest BCUT2D eigenvalue weighted by Gasteiger charge is 2.04. The van der Waals surface area contributed by atoms with Gasteiger partial charge in [-0.15, -0.1) is 0 Å². The first kappa shape index (κ1) is 12.9. The molecule has 2 aromatic rings. The van der Waals surface area contributed by atoms with E-state index in [-0.39, 0.29) is 0 Å². The van der Waals surface area contributed by atoms with Gasteiger partial charge in [0.15, 0.2) is 6.29 Å². The maximum Gasteiger partial charge on any atom is 0.152 e. The summed E-state index contributed by atoms with van der Waals surface area (Å²) in [4.78, 5) is 11.0. The van der Waals surface area contributed by atoms with E-state index in [4.69, 9.17) is 23.2 Å². The lowest BCUT2D eigenvalue weighted by Gasteiger charge is -2.10. The predicted octanol–water partition coefficient (Wildman–Crippen LogP) is 4.86. The Morgan fingerprint density at radius 2 is 1.89 bits per heavy atom. The van der Waals surface area contributed by atoms with Crippen LogP contribution in [0.1, 0.15) is 15.9 Å². The molecule has 0 amide bonds. The molecule has 0 aliphatic carbocycles. The number of aldehydes is 1. The van der Waals surface area contributed by atoms with Gasteiger partial charge >= 0.3 is 0 Å². The summed E-state index contributed by atoms with van der Waals surface area (Å²) in [5.74, 6) is 0. The monoisotopic (exact) mass is 279 g/mol. The van der Waals surface area contributed by atoms with Crippen molar-refractivity contribution in [2.45, 2.75) is 6.92 Å². The highest BCUT2D eigenvalue weighted by atomic mass is 35.5. The molecule has 18 heavy (non-hydrogen) atoms. The van der Waals surface area contributed by atoms with Gasteiger partial charge in [0.25, 0.3) is 0 Å². The maximum atomic E-state index is 11.0. The first-order valence-corrected chi connectivity index (χ1v) is 6.13. The zero-order valence-electron chi connectivity index (χ0n) is 9.71. The molecule has 0 unspecified atom stereocenters. The number of halogens is 2. The molecule has 0 bridgehead atoms. The summed E-state index contributed by atoms with van der Waals surface area (Å²) >= 11 is 11.9. The quantitative estimate of drug-likeness (QED) is 0.813. The van der Waals surface area contributed by atoms with E-state index in [0.29, 0.717) is 21.3 Å². The Morgan fingerprint density at radius 1 is 1.11 bits per heavy atom. The number of carbonyl (C=O) groups is 1. The summed E-state index contributed by atoms with van der Waals surface area (Å²) in [7, 11) is 0. The van der Waals surface area contributed by atoms with Crippen molar-refractivity contribution in [2.24, 2.45) is 0 Å². The second-order valence-electron chi connectivity index (χ2n) is 3.94. The molecule has 0 fully saturated rings. The van der Waals surface area contributed by atoms with Crippen LogP contribution in [-0.4, -0.2) is 6.29 Å². The third-order valence-corrected chi connectivity index (χ3v) is 3.23. The van der Waals surface area contributed by atoms with Crippen molar-refractivity contribution in [3.05, 3.63) is 57.6 Å². The van der Waals surface area contributed by atoms with Gasteiger partial charge in [0.2, 0.25) is 0 Å². The Balaban J connectivity index is 2.33. The van der Waals surface area contributed by atoms with Gasteiger partial charge in [-0.2, -0.15) is 0 Å². The minimum absolute atomic E-state index is 0.513. The minimum atomic E-state index is 0.513. The van der Waals surface area contributed by atoms with Crippen molar-refractivity contribution in [3.63, 3.8) is 0 Å². The Kier molecular flexibility index (Phi) is 3.90. The highest BCUT2D eigenvalue weighted by molar-refractivity contribution is 6.31. The van der Waals surface area contributed by atoms with Crippen LogP contribution in [0, 0.1) is 6.92 Å². The van der Waals surface area contributed by atoms with Gasteiger partial charge in [-0.1, -0.05) is 29.3 Å². The van der Waals surface area contributed by atoms with E-state index < -0.39 is 0 Å². The molecule has 0 aliphatic heterocycles. The second kappa shape index (κ2) is 5.42. The van der Waals surface area contributed by atoms with Crippen LogP contribution in [0.25, 0.3) is 0 Å². The van der Waals surface area contributed by atoms with E-state index in [1.807, 2.05) is 25.1 Å². The van der Waals surface area contributed by atoms with Gasteiger partial charge in [0, 0.05) is 27.0 Å². The number of aryl methyl sites for hydroxylation is 1. The van der Waals surface area contributed by atoms with Gasteiger partial charge in [-0.25, -0.2) is 0 Å². The fraction of sp³-hybridized carbons (Fsp3) is 0.0714. The second-order valence-corrected chi connectivity index (χ2v) is 4.78. The van der Waals surface area contributed by atoms with Crippen LogP contribution in [0.5, 0.6) is 0 Å². The molecule has 4 heteroatoms. The van der Waals surface area contributed by atoms with Crippen LogP contribution in [0.4, 0.5) is 11.4 Å². The molecule has 2 rings (SSSR count). The molecule has 2 aromatic carbocycles. The lowest BCUT2D eigenvalue weighted by atomic mass is 10.1. The van der Waals surface area contributed by atoms with Gasteiger partial charge in [-0.05, 0) is 42.8 Å².